The average Bonchev–Trinajstić information content (AvgIpc) is 2.88. The summed E-state index contributed by atoms with van der Waals surface area (Å²) in [6.07, 6.45) is 6.18. The largest absolute Gasteiger partial charge is 0.389 e. The zero-order chi connectivity index (χ0) is 15.5. The molecule has 0 radical (unpaired) electrons. The van der Waals surface area contributed by atoms with Crippen LogP contribution in [0.3, 0.4) is 0 Å². The minimum atomic E-state index is -0.457. The van der Waals surface area contributed by atoms with Gasteiger partial charge in [0, 0.05) is 32.9 Å². The minimum Gasteiger partial charge on any atom is -0.389 e. The van der Waals surface area contributed by atoms with Crippen LogP contribution in [-0.2, 0) is 18.3 Å². The lowest BCUT2D eigenvalue weighted by molar-refractivity contribution is 0.0192. The van der Waals surface area contributed by atoms with Crippen molar-refractivity contribution in [3.63, 3.8) is 0 Å². The van der Waals surface area contributed by atoms with E-state index in [1.165, 1.54) is 19.3 Å². The molecule has 1 aromatic heterocycles. The number of unbranched alkanes of at least 4 members (excludes halogenated alkanes) is 1. The molecule has 0 amide bonds. The Balaban J connectivity index is 2.08. The van der Waals surface area contributed by atoms with Crippen molar-refractivity contribution in [3.8, 4) is 0 Å². The van der Waals surface area contributed by atoms with Crippen molar-refractivity contribution in [2.45, 2.75) is 52.2 Å². The number of ether oxygens (including phenoxy) is 1. The topological polar surface area (TPSA) is 59.3 Å². The molecule has 0 saturated carbocycles. The minimum absolute atomic E-state index is 0.404. The summed E-state index contributed by atoms with van der Waals surface area (Å²) in [6, 6.07) is 1.97. The van der Waals surface area contributed by atoms with Gasteiger partial charge in [0.05, 0.1) is 18.4 Å². The van der Waals surface area contributed by atoms with Gasteiger partial charge < -0.3 is 15.2 Å². The highest BCUT2D eigenvalue weighted by molar-refractivity contribution is 4.99. The summed E-state index contributed by atoms with van der Waals surface area (Å²) < 4.78 is 7.48. The van der Waals surface area contributed by atoms with Crippen LogP contribution in [0.4, 0.5) is 0 Å². The first-order chi connectivity index (χ1) is 10.2. The van der Waals surface area contributed by atoms with E-state index < -0.39 is 6.10 Å². The van der Waals surface area contributed by atoms with E-state index in [1.54, 1.807) is 6.20 Å². The first kappa shape index (κ1) is 18.1. The van der Waals surface area contributed by atoms with Gasteiger partial charge in [0.15, 0.2) is 0 Å². The number of aliphatic hydroxyl groups is 1. The number of aromatic nitrogens is 2. The van der Waals surface area contributed by atoms with Crippen LogP contribution in [0.5, 0.6) is 0 Å². The highest BCUT2D eigenvalue weighted by atomic mass is 16.5. The van der Waals surface area contributed by atoms with E-state index in [2.05, 4.69) is 24.3 Å². The Bertz CT molecular complexity index is 368. The van der Waals surface area contributed by atoms with E-state index in [1.807, 2.05) is 17.8 Å². The smallest absolute Gasteiger partial charge is 0.0897 e. The van der Waals surface area contributed by atoms with Crippen molar-refractivity contribution in [1.29, 1.82) is 0 Å². The van der Waals surface area contributed by atoms with Crippen LogP contribution >= 0.6 is 0 Å². The molecule has 0 aliphatic carbocycles. The molecule has 2 atom stereocenters. The summed E-state index contributed by atoms with van der Waals surface area (Å²) in [5.41, 5.74) is 1.11. The number of rotatable bonds is 12. The van der Waals surface area contributed by atoms with E-state index in [9.17, 15) is 5.11 Å². The number of nitrogens with one attached hydrogen (secondary N) is 1. The van der Waals surface area contributed by atoms with Crippen molar-refractivity contribution < 1.29 is 9.84 Å². The van der Waals surface area contributed by atoms with Gasteiger partial charge in [-0.3, -0.25) is 4.68 Å². The number of hydrogen-bond acceptors (Lipinski definition) is 4. The zero-order valence-electron chi connectivity index (χ0n) is 13.7. The zero-order valence-corrected chi connectivity index (χ0v) is 13.7. The Morgan fingerprint density at radius 3 is 2.81 bits per heavy atom. The third-order valence-corrected chi connectivity index (χ3v) is 3.82. The predicted octanol–water partition coefficient (Wildman–Crippen LogP) is 2.10. The molecule has 5 heteroatoms. The van der Waals surface area contributed by atoms with Crippen molar-refractivity contribution in [2.24, 2.45) is 13.0 Å². The molecule has 0 fully saturated rings. The Hall–Kier alpha value is -0.910. The van der Waals surface area contributed by atoms with Crippen molar-refractivity contribution >= 4 is 0 Å². The Morgan fingerprint density at radius 1 is 1.38 bits per heavy atom. The highest BCUT2D eigenvalue weighted by Crippen LogP contribution is 2.12. The van der Waals surface area contributed by atoms with Gasteiger partial charge in [-0.1, -0.05) is 33.1 Å². The Labute approximate surface area is 128 Å². The number of aryl methyl sites for hydroxylation is 1. The Morgan fingerprint density at radius 2 is 2.19 bits per heavy atom. The van der Waals surface area contributed by atoms with Gasteiger partial charge in [0.2, 0.25) is 0 Å². The lowest BCUT2D eigenvalue weighted by atomic mass is 10.0. The van der Waals surface area contributed by atoms with Gasteiger partial charge in [0.25, 0.3) is 0 Å². The molecule has 122 valence electrons. The molecule has 1 heterocycles. The Kier molecular flexibility index (Phi) is 9.30. The summed E-state index contributed by atoms with van der Waals surface area (Å²) >= 11 is 0. The number of nitrogens with zero attached hydrogens (tertiary/aromatic N) is 2. The van der Waals surface area contributed by atoms with E-state index in [4.69, 9.17) is 4.74 Å². The maximum Gasteiger partial charge on any atom is 0.0897 e. The molecule has 2 N–H and O–H groups in total. The SMILES string of the molecule is CCCCC(CC)COCC(O)CNCc1ccnn1C. The van der Waals surface area contributed by atoms with Crippen molar-refractivity contribution in [1.82, 2.24) is 15.1 Å². The molecule has 0 bridgehead atoms. The molecular weight excluding hydrogens is 266 g/mol. The number of aliphatic hydroxyl groups excluding tert-OH is 1. The van der Waals surface area contributed by atoms with E-state index in [0.717, 1.165) is 18.7 Å². The highest BCUT2D eigenvalue weighted by Gasteiger charge is 2.09. The fourth-order valence-corrected chi connectivity index (χ4v) is 2.27. The second-order valence-electron chi connectivity index (χ2n) is 5.68. The molecule has 1 rings (SSSR count). The molecule has 21 heavy (non-hydrogen) atoms. The van der Waals surface area contributed by atoms with E-state index in [0.29, 0.717) is 25.6 Å². The summed E-state index contributed by atoms with van der Waals surface area (Å²) in [6.45, 7) is 6.83. The van der Waals surface area contributed by atoms with Crippen molar-refractivity contribution in [3.05, 3.63) is 18.0 Å². The van der Waals surface area contributed by atoms with E-state index >= 15 is 0 Å². The molecule has 5 nitrogen and oxygen atoms in total. The van der Waals surface area contributed by atoms with Crippen LogP contribution in [-0.4, -0.2) is 40.7 Å². The molecule has 0 spiro atoms. The van der Waals surface area contributed by atoms with Gasteiger partial charge in [-0.05, 0) is 18.4 Å². The third kappa shape index (κ3) is 7.60. The summed E-state index contributed by atoms with van der Waals surface area (Å²) in [5.74, 6) is 0.625. The van der Waals surface area contributed by atoms with Crippen LogP contribution in [0, 0.1) is 5.92 Å². The maximum atomic E-state index is 9.90. The standard InChI is InChI=1S/C16H31N3O2/c1-4-6-7-14(5-2)12-21-13-16(20)11-17-10-15-8-9-18-19(15)3/h8-9,14,16-17,20H,4-7,10-13H2,1-3H3. The van der Waals surface area contributed by atoms with Gasteiger partial charge >= 0.3 is 0 Å². The number of hydrogen-bond donors (Lipinski definition) is 2. The van der Waals surface area contributed by atoms with Crippen LogP contribution in [0.25, 0.3) is 0 Å². The van der Waals surface area contributed by atoms with Gasteiger partial charge in [-0.15, -0.1) is 0 Å². The quantitative estimate of drug-likeness (QED) is 0.620. The summed E-state index contributed by atoms with van der Waals surface area (Å²) in [4.78, 5) is 0. The van der Waals surface area contributed by atoms with Crippen LogP contribution < -0.4 is 5.32 Å². The molecule has 0 aliphatic heterocycles. The van der Waals surface area contributed by atoms with Crippen LogP contribution in [0.15, 0.2) is 12.3 Å². The molecular formula is C16H31N3O2. The summed E-state index contributed by atoms with van der Waals surface area (Å²) in [5, 5.41) is 17.2. The summed E-state index contributed by atoms with van der Waals surface area (Å²) in [7, 11) is 1.91. The first-order valence-corrected chi connectivity index (χ1v) is 8.10. The lowest BCUT2D eigenvalue weighted by Crippen LogP contribution is -2.31. The van der Waals surface area contributed by atoms with Crippen molar-refractivity contribution in [2.75, 3.05) is 19.8 Å². The van der Waals surface area contributed by atoms with Crippen LogP contribution in [0.1, 0.15) is 45.2 Å². The van der Waals surface area contributed by atoms with Gasteiger partial charge in [0.1, 0.15) is 0 Å². The van der Waals surface area contributed by atoms with Crippen LogP contribution in [0.2, 0.25) is 0 Å². The maximum absolute atomic E-state index is 9.90. The second kappa shape index (κ2) is 10.8. The third-order valence-electron chi connectivity index (χ3n) is 3.82. The molecule has 0 saturated heterocycles. The predicted molar refractivity (Wildman–Crippen MR) is 85.0 cm³/mol. The van der Waals surface area contributed by atoms with Gasteiger partial charge in [-0.2, -0.15) is 5.10 Å². The normalized spacial score (nSPS) is 14.3. The monoisotopic (exact) mass is 297 g/mol. The fourth-order valence-electron chi connectivity index (χ4n) is 2.27. The molecule has 1 aromatic rings. The molecule has 0 aromatic carbocycles. The average molecular weight is 297 g/mol. The second-order valence-corrected chi connectivity index (χ2v) is 5.68. The first-order valence-electron chi connectivity index (χ1n) is 8.10. The fraction of sp³-hybridized carbons (Fsp3) is 0.812. The van der Waals surface area contributed by atoms with Gasteiger partial charge in [-0.25, -0.2) is 0 Å². The molecule has 0 aliphatic rings. The van der Waals surface area contributed by atoms with E-state index in [-0.39, 0.29) is 0 Å². The lowest BCUT2D eigenvalue weighted by Gasteiger charge is -2.17. The molecule has 2 unspecified atom stereocenters.